The van der Waals surface area contributed by atoms with Gasteiger partial charge in [-0.05, 0) is 49.8 Å². The molecule has 5 rings (SSSR count). The summed E-state index contributed by atoms with van der Waals surface area (Å²) in [6, 6.07) is 4.46. The van der Waals surface area contributed by atoms with Gasteiger partial charge in [0.1, 0.15) is 5.65 Å². The molecule has 1 atom stereocenters. The Morgan fingerprint density at radius 3 is 3.00 bits per heavy atom. The molecule has 1 saturated heterocycles. The molecule has 5 heteroatoms. The van der Waals surface area contributed by atoms with Crippen LogP contribution in [0.25, 0.3) is 22.3 Å². The van der Waals surface area contributed by atoms with E-state index in [1.807, 2.05) is 12.4 Å². The molecule has 2 fully saturated rings. The minimum atomic E-state index is 0.482. The van der Waals surface area contributed by atoms with Crippen LogP contribution in [0.3, 0.4) is 0 Å². The van der Waals surface area contributed by atoms with Gasteiger partial charge in [-0.25, -0.2) is 4.98 Å². The number of H-pyrrole nitrogens is 1. The van der Waals surface area contributed by atoms with Crippen LogP contribution in [0.15, 0.2) is 24.5 Å². The smallest absolute Gasteiger partial charge is 0.137 e. The van der Waals surface area contributed by atoms with Crippen LogP contribution in [-0.2, 0) is 11.3 Å². The van der Waals surface area contributed by atoms with E-state index in [4.69, 9.17) is 9.84 Å². The van der Waals surface area contributed by atoms with Crippen LogP contribution >= 0.6 is 0 Å². The van der Waals surface area contributed by atoms with E-state index in [9.17, 15) is 0 Å². The minimum absolute atomic E-state index is 0.482. The largest absolute Gasteiger partial charge is 0.381 e. The second-order valence-electron chi connectivity index (χ2n) is 7.23. The molecule has 0 aromatic carbocycles. The number of hydrogen-bond donors (Lipinski definition) is 1. The van der Waals surface area contributed by atoms with Crippen molar-refractivity contribution in [2.45, 2.75) is 38.6 Å². The monoisotopic (exact) mass is 322 g/mol. The molecule has 4 heterocycles. The highest BCUT2D eigenvalue weighted by atomic mass is 16.5. The number of nitrogens with zero attached hydrogens (tertiary/aromatic N) is 3. The maximum atomic E-state index is 5.61. The van der Waals surface area contributed by atoms with Crippen molar-refractivity contribution in [2.75, 3.05) is 13.2 Å². The molecule has 124 valence electrons. The average Bonchev–Trinajstić information content (AvgIpc) is 3.01. The molecule has 0 bridgehead atoms. The topological polar surface area (TPSA) is 55.7 Å². The third kappa shape index (κ3) is 2.44. The van der Waals surface area contributed by atoms with E-state index in [0.29, 0.717) is 5.92 Å². The molecule has 24 heavy (non-hydrogen) atoms. The zero-order chi connectivity index (χ0) is 16.1. The van der Waals surface area contributed by atoms with Gasteiger partial charge in [0.25, 0.3) is 0 Å². The van der Waals surface area contributed by atoms with Gasteiger partial charge in [-0.15, -0.1) is 0 Å². The van der Waals surface area contributed by atoms with Crippen molar-refractivity contribution in [1.82, 2.24) is 19.7 Å². The van der Waals surface area contributed by atoms with Gasteiger partial charge < -0.3 is 9.72 Å². The van der Waals surface area contributed by atoms with Crippen molar-refractivity contribution in [3.05, 3.63) is 35.8 Å². The van der Waals surface area contributed by atoms with Gasteiger partial charge in [0, 0.05) is 48.1 Å². The summed E-state index contributed by atoms with van der Waals surface area (Å²) in [5, 5.41) is 6.11. The summed E-state index contributed by atoms with van der Waals surface area (Å²) in [5.41, 5.74) is 5.63. The van der Waals surface area contributed by atoms with Crippen LogP contribution in [-0.4, -0.2) is 33.0 Å². The number of ether oxygens (including phenoxy) is 1. The van der Waals surface area contributed by atoms with Gasteiger partial charge >= 0.3 is 0 Å². The molecule has 1 saturated carbocycles. The lowest BCUT2D eigenvalue weighted by atomic mass is 10.0. The van der Waals surface area contributed by atoms with Crippen molar-refractivity contribution in [3.8, 4) is 11.3 Å². The van der Waals surface area contributed by atoms with Crippen molar-refractivity contribution in [3.63, 3.8) is 0 Å². The van der Waals surface area contributed by atoms with E-state index >= 15 is 0 Å². The molecular weight excluding hydrogens is 300 g/mol. The number of rotatable bonds is 4. The molecule has 1 aliphatic heterocycles. The fraction of sp³-hybridized carbons (Fsp3) is 0.474. The maximum Gasteiger partial charge on any atom is 0.137 e. The van der Waals surface area contributed by atoms with E-state index in [1.54, 1.807) is 0 Å². The number of hydrogen-bond acceptors (Lipinski definition) is 3. The zero-order valence-electron chi connectivity index (χ0n) is 14.0. The standard InChI is InChI=1S/C19H22N4O/c1-12-8-20-19-16(12)6-15(9-21-19)17-7-18(14-4-5-24-11-14)23(22-17)10-13-2-3-13/h6-9,13-14H,2-5,10-11H2,1H3,(H,20,21)/t14-/m1/s1. The summed E-state index contributed by atoms with van der Waals surface area (Å²) in [6.45, 7) is 4.84. The Labute approximate surface area is 141 Å². The molecule has 3 aromatic rings. The fourth-order valence-electron chi connectivity index (χ4n) is 3.63. The van der Waals surface area contributed by atoms with Gasteiger partial charge in [0.2, 0.25) is 0 Å². The lowest BCUT2D eigenvalue weighted by molar-refractivity contribution is 0.193. The molecule has 2 aliphatic rings. The summed E-state index contributed by atoms with van der Waals surface area (Å²) in [5.74, 6) is 1.29. The Morgan fingerprint density at radius 2 is 2.21 bits per heavy atom. The van der Waals surface area contributed by atoms with Crippen molar-refractivity contribution >= 4 is 11.0 Å². The zero-order valence-corrected chi connectivity index (χ0v) is 14.0. The van der Waals surface area contributed by atoms with Crippen LogP contribution < -0.4 is 0 Å². The van der Waals surface area contributed by atoms with E-state index in [2.05, 4.69) is 33.7 Å². The van der Waals surface area contributed by atoms with E-state index in [0.717, 1.165) is 49.0 Å². The predicted octanol–water partition coefficient (Wildman–Crippen LogP) is 3.65. The van der Waals surface area contributed by atoms with Crippen LogP contribution in [0.1, 0.15) is 36.4 Å². The number of aromatic nitrogens is 4. The fourth-order valence-corrected chi connectivity index (χ4v) is 3.63. The third-order valence-electron chi connectivity index (χ3n) is 5.32. The highest BCUT2D eigenvalue weighted by Crippen LogP contribution is 2.35. The van der Waals surface area contributed by atoms with E-state index in [-0.39, 0.29) is 0 Å². The molecular formula is C19H22N4O. The molecule has 1 N–H and O–H groups in total. The van der Waals surface area contributed by atoms with Gasteiger partial charge in [-0.3, -0.25) is 4.68 Å². The first kappa shape index (κ1) is 14.2. The normalized spacial score (nSPS) is 21.0. The van der Waals surface area contributed by atoms with Crippen molar-refractivity contribution < 1.29 is 4.74 Å². The van der Waals surface area contributed by atoms with E-state index < -0.39 is 0 Å². The molecule has 0 unspecified atom stereocenters. The van der Waals surface area contributed by atoms with Crippen LogP contribution in [0, 0.1) is 12.8 Å². The minimum Gasteiger partial charge on any atom is -0.381 e. The summed E-state index contributed by atoms with van der Waals surface area (Å²) in [7, 11) is 0. The Bertz CT molecular complexity index is 884. The van der Waals surface area contributed by atoms with Gasteiger partial charge in [0.05, 0.1) is 12.3 Å². The SMILES string of the molecule is Cc1c[nH]c2ncc(-c3cc([C@@H]4CCOC4)n(CC4CC4)n3)cc12. The van der Waals surface area contributed by atoms with Gasteiger partial charge in [0.15, 0.2) is 0 Å². The second kappa shape index (κ2) is 5.45. The van der Waals surface area contributed by atoms with Crippen LogP contribution in [0.2, 0.25) is 0 Å². The van der Waals surface area contributed by atoms with E-state index in [1.165, 1.54) is 29.5 Å². The Balaban J connectivity index is 1.56. The van der Waals surface area contributed by atoms with Crippen LogP contribution in [0.4, 0.5) is 0 Å². The number of nitrogens with one attached hydrogen (secondary N) is 1. The summed E-state index contributed by atoms with van der Waals surface area (Å²) in [6.07, 6.45) is 7.72. The van der Waals surface area contributed by atoms with Crippen molar-refractivity contribution in [2.24, 2.45) is 5.92 Å². The Morgan fingerprint density at radius 1 is 1.29 bits per heavy atom. The molecule has 0 radical (unpaired) electrons. The number of aromatic amines is 1. The maximum absolute atomic E-state index is 5.61. The average molecular weight is 322 g/mol. The number of aryl methyl sites for hydroxylation is 1. The lowest BCUT2D eigenvalue weighted by Gasteiger charge is -2.10. The predicted molar refractivity (Wildman–Crippen MR) is 93.0 cm³/mol. The molecule has 0 spiro atoms. The first-order chi connectivity index (χ1) is 11.8. The highest BCUT2D eigenvalue weighted by Gasteiger charge is 2.28. The summed E-state index contributed by atoms with van der Waals surface area (Å²) in [4.78, 5) is 7.77. The Kier molecular flexibility index (Phi) is 3.23. The second-order valence-corrected chi connectivity index (χ2v) is 7.23. The molecule has 1 aliphatic carbocycles. The third-order valence-corrected chi connectivity index (χ3v) is 5.32. The van der Waals surface area contributed by atoms with Gasteiger partial charge in [-0.1, -0.05) is 0 Å². The highest BCUT2D eigenvalue weighted by molar-refractivity contribution is 5.83. The molecule has 3 aromatic heterocycles. The number of fused-ring (bicyclic) bond motifs is 1. The number of pyridine rings is 1. The lowest BCUT2D eigenvalue weighted by Crippen LogP contribution is -2.10. The Hall–Kier alpha value is -2.14. The first-order valence-corrected chi connectivity index (χ1v) is 8.87. The summed E-state index contributed by atoms with van der Waals surface area (Å²) < 4.78 is 7.84. The molecule has 5 nitrogen and oxygen atoms in total. The van der Waals surface area contributed by atoms with Gasteiger partial charge in [-0.2, -0.15) is 5.10 Å². The summed E-state index contributed by atoms with van der Waals surface area (Å²) >= 11 is 0. The quantitative estimate of drug-likeness (QED) is 0.797. The molecule has 0 amide bonds. The van der Waals surface area contributed by atoms with Crippen LogP contribution in [0.5, 0.6) is 0 Å². The first-order valence-electron chi connectivity index (χ1n) is 8.87. The van der Waals surface area contributed by atoms with Crippen molar-refractivity contribution in [1.29, 1.82) is 0 Å².